The number of benzene rings is 10. The van der Waals surface area contributed by atoms with Crippen LogP contribution in [0.25, 0.3) is 121 Å². The molecule has 0 atom stereocenters. The van der Waals surface area contributed by atoms with Crippen LogP contribution in [-0.2, 0) is 0 Å². The molecule has 268 valence electrons. The Morgan fingerprint density at radius 3 is 1.07 bits per heavy atom. The highest BCUT2D eigenvalue weighted by Gasteiger charge is 2.23. The van der Waals surface area contributed by atoms with Gasteiger partial charge in [0.15, 0.2) is 0 Å². The summed E-state index contributed by atoms with van der Waals surface area (Å²) < 4.78 is 5.07. The van der Waals surface area contributed by atoms with Gasteiger partial charge in [-0.1, -0.05) is 170 Å². The summed E-state index contributed by atoms with van der Waals surface area (Å²) in [5, 5.41) is 10.2. The zero-order valence-corrected chi connectivity index (χ0v) is 31.5. The molecular weight excluding hydrogens is 701 g/mol. The van der Waals surface area contributed by atoms with Crippen molar-refractivity contribution < 1.29 is 0 Å². The molecule has 0 radical (unpaired) electrons. The Balaban J connectivity index is 1.07. The zero-order valence-electron chi connectivity index (χ0n) is 31.5. The van der Waals surface area contributed by atoms with Gasteiger partial charge in [0.25, 0.3) is 0 Å². The van der Waals surface area contributed by atoms with Crippen molar-refractivity contribution in [3.05, 3.63) is 206 Å². The molecule has 10 aromatic carbocycles. The third kappa shape index (κ3) is 4.32. The average Bonchev–Trinajstić information content (AvgIpc) is 3.83. The zero-order chi connectivity index (χ0) is 37.9. The molecule has 0 unspecified atom stereocenters. The molecular formula is C56H34N2. The first-order valence-electron chi connectivity index (χ1n) is 20.1. The van der Waals surface area contributed by atoms with Crippen molar-refractivity contribution in [2.24, 2.45) is 0 Å². The number of hydrogen-bond acceptors (Lipinski definition) is 0. The lowest BCUT2D eigenvalue weighted by Crippen LogP contribution is -1.96. The molecule has 0 saturated heterocycles. The second-order valence-corrected chi connectivity index (χ2v) is 15.6. The van der Waals surface area contributed by atoms with Gasteiger partial charge >= 0.3 is 0 Å². The lowest BCUT2D eigenvalue weighted by atomic mass is 9.93. The van der Waals surface area contributed by atoms with Gasteiger partial charge in [-0.3, -0.25) is 0 Å². The van der Waals surface area contributed by atoms with Crippen LogP contribution in [0.15, 0.2) is 206 Å². The number of rotatable bonds is 4. The maximum Gasteiger partial charge on any atom is 0.0783 e. The van der Waals surface area contributed by atoms with Crippen LogP contribution in [0, 0.1) is 0 Å². The van der Waals surface area contributed by atoms with Crippen molar-refractivity contribution in [1.82, 2.24) is 8.80 Å². The standard InChI is InChI=1S/C56H34N2/c1-3-13-35(14-4-1)37-17-7-19-39(33-37)41-21-9-23-45-43(41)29-31-49-53(45)47-25-11-27-51-55(47)57(49)52-28-12-26-48-54-46-24-10-22-42(44(46)30-32-50(54)58(51)56(48)52)40-20-8-18-38(34-40)36-15-5-2-6-16-36/h1-34H. The maximum atomic E-state index is 2.53. The van der Waals surface area contributed by atoms with Crippen LogP contribution < -0.4 is 0 Å². The molecule has 0 spiro atoms. The third-order valence-corrected chi connectivity index (χ3v) is 12.6. The van der Waals surface area contributed by atoms with Gasteiger partial charge in [0.05, 0.1) is 33.1 Å². The molecule has 13 rings (SSSR count). The van der Waals surface area contributed by atoms with Crippen LogP contribution in [0.3, 0.4) is 0 Å². The highest BCUT2D eigenvalue weighted by atomic mass is 15.0. The monoisotopic (exact) mass is 734 g/mol. The summed E-state index contributed by atoms with van der Waals surface area (Å²) in [5.74, 6) is 0. The molecule has 0 fully saturated rings. The average molecular weight is 735 g/mol. The first-order chi connectivity index (χ1) is 28.8. The van der Waals surface area contributed by atoms with Crippen molar-refractivity contribution >= 4 is 76.2 Å². The predicted octanol–water partition coefficient (Wildman–Crippen LogP) is 15.2. The minimum absolute atomic E-state index is 1.22. The van der Waals surface area contributed by atoms with Crippen molar-refractivity contribution in [2.75, 3.05) is 0 Å². The Morgan fingerprint density at radius 1 is 0.224 bits per heavy atom. The van der Waals surface area contributed by atoms with E-state index in [4.69, 9.17) is 0 Å². The second kappa shape index (κ2) is 11.9. The van der Waals surface area contributed by atoms with Crippen LogP contribution >= 0.6 is 0 Å². The fourth-order valence-electron chi connectivity index (χ4n) is 10.2. The molecule has 0 aliphatic heterocycles. The minimum Gasteiger partial charge on any atom is -0.305 e. The lowest BCUT2D eigenvalue weighted by molar-refractivity contribution is 1.26. The summed E-state index contributed by atoms with van der Waals surface area (Å²) in [7, 11) is 0. The summed E-state index contributed by atoms with van der Waals surface area (Å²) in [6.07, 6.45) is 0. The van der Waals surface area contributed by atoms with Gasteiger partial charge in [0.1, 0.15) is 0 Å². The van der Waals surface area contributed by atoms with Gasteiger partial charge in [-0.05, 0) is 102 Å². The largest absolute Gasteiger partial charge is 0.305 e. The van der Waals surface area contributed by atoms with Gasteiger partial charge in [0, 0.05) is 21.5 Å². The van der Waals surface area contributed by atoms with Crippen molar-refractivity contribution in [1.29, 1.82) is 0 Å². The van der Waals surface area contributed by atoms with E-state index in [1.807, 2.05) is 0 Å². The summed E-state index contributed by atoms with van der Waals surface area (Å²) in [6.45, 7) is 0. The second-order valence-electron chi connectivity index (χ2n) is 15.6. The fourth-order valence-corrected chi connectivity index (χ4v) is 10.2. The number of para-hydroxylation sites is 2. The first-order valence-corrected chi connectivity index (χ1v) is 20.1. The molecule has 0 amide bonds. The van der Waals surface area contributed by atoms with E-state index in [2.05, 4.69) is 215 Å². The molecule has 58 heavy (non-hydrogen) atoms. The Morgan fingerprint density at radius 2 is 0.603 bits per heavy atom. The molecule has 0 aliphatic rings. The van der Waals surface area contributed by atoms with E-state index in [9.17, 15) is 0 Å². The lowest BCUT2D eigenvalue weighted by Gasteiger charge is -2.12. The van der Waals surface area contributed by atoms with E-state index in [0.717, 1.165) is 0 Å². The molecule has 0 saturated carbocycles. The molecule has 0 bridgehead atoms. The van der Waals surface area contributed by atoms with E-state index in [1.54, 1.807) is 0 Å². The highest BCUT2D eigenvalue weighted by Crippen LogP contribution is 2.46. The van der Waals surface area contributed by atoms with Gasteiger partial charge in [-0.15, -0.1) is 0 Å². The van der Waals surface area contributed by atoms with Crippen LogP contribution in [0.4, 0.5) is 0 Å². The van der Waals surface area contributed by atoms with Gasteiger partial charge in [-0.25, -0.2) is 0 Å². The molecule has 2 heteroatoms. The quantitative estimate of drug-likeness (QED) is 0.159. The van der Waals surface area contributed by atoms with E-state index in [-0.39, 0.29) is 0 Å². The molecule has 0 N–H and O–H groups in total. The molecule has 13 aromatic rings. The maximum absolute atomic E-state index is 2.53. The summed E-state index contributed by atoms with van der Waals surface area (Å²) in [4.78, 5) is 0. The molecule has 3 aromatic heterocycles. The van der Waals surface area contributed by atoms with E-state index >= 15 is 0 Å². The number of fused-ring (bicyclic) bond motifs is 12. The van der Waals surface area contributed by atoms with Gasteiger partial charge in [0.2, 0.25) is 0 Å². The van der Waals surface area contributed by atoms with Crippen molar-refractivity contribution in [3.63, 3.8) is 0 Å². The van der Waals surface area contributed by atoms with Crippen LogP contribution in [0.2, 0.25) is 0 Å². The highest BCUT2D eigenvalue weighted by molar-refractivity contribution is 6.30. The van der Waals surface area contributed by atoms with E-state index < -0.39 is 0 Å². The van der Waals surface area contributed by atoms with Gasteiger partial charge in [-0.2, -0.15) is 0 Å². The minimum atomic E-state index is 1.22. The van der Waals surface area contributed by atoms with Crippen LogP contribution in [0.1, 0.15) is 0 Å². The van der Waals surface area contributed by atoms with Crippen molar-refractivity contribution in [2.45, 2.75) is 0 Å². The molecule has 2 nitrogen and oxygen atoms in total. The van der Waals surface area contributed by atoms with E-state index in [0.29, 0.717) is 0 Å². The summed E-state index contributed by atoms with van der Waals surface area (Å²) in [5.41, 5.74) is 17.3. The fraction of sp³-hybridized carbons (Fsp3) is 0. The molecule has 0 aliphatic carbocycles. The van der Waals surface area contributed by atoms with Crippen LogP contribution in [0.5, 0.6) is 0 Å². The Bertz CT molecular complexity index is 3520. The normalized spacial score (nSPS) is 12.1. The Hall–Kier alpha value is -7.68. The van der Waals surface area contributed by atoms with E-state index in [1.165, 1.54) is 121 Å². The van der Waals surface area contributed by atoms with Crippen molar-refractivity contribution in [3.8, 4) is 44.5 Å². The first kappa shape index (κ1) is 31.5. The number of hydrogen-bond donors (Lipinski definition) is 0. The topological polar surface area (TPSA) is 8.82 Å². The van der Waals surface area contributed by atoms with Crippen LogP contribution in [-0.4, -0.2) is 8.80 Å². The smallest absolute Gasteiger partial charge is 0.0783 e. The molecule has 3 heterocycles. The predicted molar refractivity (Wildman–Crippen MR) is 246 cm³/mol. The van der Waals surface area contributed by atoms with Gasteiger partial charge < -0.3 is 8.80 Å². The Kier molecular flexibility index (Phi) is 6.47. The number of nitrogens with zero attached hydrogens (tertiary/aromatic N) is 2. The summed E-state index contributed by atoms with van der Waals surface area (Å²) in [6, 6.07) is 76.1. The third-order valence-electron chi connectivity index (χ3n) is 12.6. The SMILES string of the molecule is c1ccc(-c2cccc(-c3cccc4c3ccc3c4c4cccc5c4n3c3cccc4c6c7cccc(-c8cccc(-c9ccccc9)c8)c7ccc6n5c43)c2)cc1. The number of aromatic nitrogens is 2. The summed E-state index contributed by atoms with van der Waals surface area (Å²) >= 11 is 0. The Labute approximate surface area is 334 Å².